The van der Waals surface area contributed by atoms with Gasteiger partial charge in [0.2, 0.25) is 0 Å². The standard InChI is InChI=1S/C8H11N3O2/c1-2-5(9)6-4(7(10)11)3-13-8(6)12/h2H,1,3,9-11H2/b6-5-. The fourth-order valence-electron chi connectivity index (χ4n) is 1.03. The Morgan fingerprint density at radius 2 is 2.08 bits per heavy atom. The fraction of sp³-hybridized carbons (Fsp3) is 0.125. The highest BCUT2D eigenvalue weighted by Crippen LogP contribution is 2.22. The minimum atomic E-state index is -0.513. The van der Waals surface area contributed by atoms with Crippen LogP contribution in [0.4, 0.5) is 0 Å². The van der Waals surface area contributed by atoms with Crippen molar-refractivity contribution in [3.05, 3.63) is 35.3 Å². The van der Waals surface area contributed by atoms with Gasteiger partial charge in [-0.3, -0.25) is 0 Å². The van der Waals surface area contributed by atoms with Crippen molar-refractivity contribution in [1.29, 1.82) is 0 Å². The van der Waals surface area contributed by atoms with Crippen LogP contribution in [0, 0.1) is 0 Å². The van der Waals surface area contributed by atoms with Gasteiger partial charge in [0.25, 0.3) is 0 Å². The first kappa shape index (κ1) is 9.18. The van der Waals surface area contributed by atoms with Crippen molar-refractivity contribution in [2.24, 2.45) is 17.2 Å². The summed E-state index contributed by atoms with van der Waals surface area (Å²) in [7, 11) is 0. The Balaban J connectivity index is 3.27. The highest BCUT2D eigenvalue weighted by Gasteiger charge is 2.28. The van der Waals surface area contributed by atoms with Gasteiger partial charge in [-0.05, 0) is 6.08 Å². The quantitative estimate of drug-likeness (QED) is 0.358. The van der Waals surface area contributed by atoms with E-state index in [-0.39, 0.29) is 23.7 Å². The van der Waals surface area contributed by atoms with E-state index in [9.17, 15) is 4.79 Å². The summed E-state index contributed by atoms with van der Waals surface area (Å²) in [6.07, 6.45) is 1.35. The van der Waals surface area contributed by atoms with E-state index in [0.717, 1.165) is 0 Å². The number of ether oxygens (including phenoxy) is 1. The Bertz CT molecular complexity index is 324. The molecule has 0 bridgehead atoms. The van der Waals surface area contributed by atoms with Gasteiger partial charge in [-0.15, -0.1) is 0 Å². The lowest BCUT2D eigenvalue weighted by Crippen LogP contribution is -2.15. The molecule has 0 unspecified atom stereocenters. The van der Waals surface area contributed by atoms with Crippen LogP contribution in [0.15, 0.2) is 35.3 Å². The van der Waals surface area contributed by atoms with Crippen molar-refractivity contribution >= 4 is 5.97 Å². The number of hydrogen-bond donors (Lipinski definition) is 3. The minimum Gasteiger partial charge on any atom is -0.457 e. The van der Waals surface area contributed by atoms with Crippen LogP contribution in [0.5, 0.6) is 0 Å². The molecule has 13 heavy (non-hydrogen) atoms. The van der Waals surface area contributed by atoms with Crippen LogP contribution in [0.25, 0.3) is 0 Å². The first-order valence-electron chi connectivity index (χ1n) is 3.61. The molecule has 1 saturated heterocycles. The van der Waals surface area contributed by atoms with E-state index < -0.39 is 5.97 Å². The molecular formula is C8H11N3O2. The summed E-state index contributed by atoms with van der Waals surface area (Å²) in [5, 5.41) is 0. The maximum atomic E-state index is 11.1. The van der Waals surface area contributed by atoms with Crippen LogP contribution in [0.1, 0.15) is 0 Å². The zero-order chi connectivity index (χ0) is 10.0. The van der Waals surface area contributed by atoms with Crippen molar-refractivity contribution in [1.82, 2.24) is 0 Å². The molecule has 6 N–H and O–H groups in total. The number of rotatable bonds is 1. The molecular weight excluding hydrogens is 170 g/mol. The molecule has 1 fully saturated rings. The summed E-state index contributed by atoms with van der Waals surface area (Å²) < 4.78 is 4.72. The number of carbonyl (C=O) groups excluding carboxylic acids is 1. The molecule has 5 nitrogen and oxygen atoms in total. The van der Waals surface area contributed by atoms with Gasteiger partial charge in [0.05, 0.1) is 5.57 Å². The predicted molar refractivity (Wildman–Crippen MR) is 47.8 cm³/mol. The van der Waals surface area contributed by atoms with Gasteiger partial charge < -0.3 is 21.9 Å². The smallest absolute Gasteiger partial charge is 0.341 e. The molecule has 0 amide bonds. The van der Waals surface area contributed by atoms with Gasteiger partial charge in [0.15, 0.2) is 0 Å². The van der Waals surface area contributed by atoms with Gasteiger partial charge in [-0.2, -0.15) is 0 Å². The van der Waals surface area contributed by atoms with Gasteiger partial charge in [0, 0.05) is 11.3 Å². The summed E-state index contributed by atoms with van der Waals surface area (Å²) in [5.74, 6) is -0.466. The molecule has 5 heteroatoms. The Labute approximate surface area is 75.5 Å². The Morgan fingerprint density at radius 1 is 1.46 bits per heavy atom. The molecule has 0 aliphatic carbocycles. The molecule has 0 saturated carbocycles. The maximum Gasteiger partial charge on any atom is 0.341 e. The molecule has 0 aromatic carbocycles. The predicted octanol–water partition coefficient (Wildman–Crippen LogP) is -0.929. The van der Waals surface area contributed by atoms with E-state index in [1.807, 2.05) is 0 Å². The van der Waals surface area contributed by atoms with E-state index in [2.05, 4.69) is 6.58 Å². The molecule has 1 rings (SSSR count). The van der Waals surface area contributed by atoms with Crippen LogP contribution >= 0.6 is 0 Å². The number of cyclic esters (lactones) is 1. The second-order valence-electron chi connectivity index (χ2n) is 2.54. The minimum absolute atomic E-state index is 0.0469. The molecule has 0 atom stereocenters. The van der Waals surface area contributed by atoms with Crippen LogP contribution in [-0.4, -0.2) is 12.6 Å². The van der Waals surface area contributed by atoms with E-state index in [1.54, 1.807) is 0 Å². The third kappa shape index (κ3) is 1.48. The zero-order valence-corrected chi connectivity index (χ0v) is 7.04. The highest BCUT2D eigenvalue weighted by atomic mass is 16.5. The van der Waals surface area contributed by atoms with E-state index in [1.165, 1.54) is 6.08 Å². The largest absolute Gasteiger partial charge is 0.457 e. The number of hydrogen-bond acceptors (Lipinski definition) is 5. The van der Waals surface area contributed by atoms with Crippen molar-refractivity contribution in [3.63, 3.8) is 0 Å². The second-order valence-corrected chi connectivity index (χ2v) is 2.54. The summed E-state index contributed by atoms with van der Waals surface area (Å²) in [6, 6.07) is 0. The first-order valence-corrected chi connectivity index (χ1v) is 3.61. The third-order valence-corrected chi connectivity index (χ3v) is 1.71. The molecule has 0 spiro atoms. The Morgan fingerprint density at radius 3 is 2.54 bits per heavy atom. The molecule has 70 valence electrons. The number of esters is 1. The van der Waals surface area contributed by atoms with Gasteiger partial charge in [0.1, 0.15) is 12.4 Å². The Hall–Kier alpha value is -1.91. The molecule has 1 aliphatic rings. The topological polar surface area (TPSA) is 104 Å². The van der Waals surface area contributed by atoms with Crippen LogP contribution in [0.2, 0.25) is 0 Å². The van der Waals surface area contributed by atoms with Crippen molar-refractivity contribution in [2.75, 3.05) is 6.61 Å². The number of nitrogens with two attached hydrogens (primary N) is 3. The lowest BCUT2D eigenvalue weighted by atomic mass is 10.1. The van der Waals surface area contributed by atoms with Crippen LogP contribution < -0.4 is 17.2 Å². The fourth-order valence-corrected chi connectivity index (χ4v) is 1.03. The lowest BCUT2D eigenvalue weighted by Gasteiger charge is -2.00. The Kier molecular flexibility index (Phi) is 2.27. The lowest BCUT2D eigenvalue weighted by molar-refractivity contribution is -0.135. The van der Waals surface area contributed by atoms with E-state index in [4.69, 9.17) is 21.9 Å². The van der Waals surface area contributed by atoms with Crippen molar-refractivity contribution in [2.45, 2.75) is 0 Å². The van der Waals surface area contributed by atoms with Crippen LogP contribution in [-0.2, 0) is 9.53 Å². The number of allylic oxidation sites excluding steroid dienone is 1. The summed E-state index contributed by atoms with van der Waals surface area (Å²) >= 11 is 0. The third-order valence-electron chi connectivity index (χ3n) is 1.71. The average molecular weight is 181 g/mol. The molecule has 0 aromatic heterocycles. The zero-order valence-electron chi connectivity index (χ0n) is 7.04. The molecule has 0 aromatic rings. The van der Waals surface area contributed by atoms with Crippen LogP contribution in [0.3, 0.4) is 0 Å². The first-order chi connectivity index (χ1) is 6.07. The highest BCUT2D eigenvalue weighted by molar-refractivity contribution is 5.97. The van der Waals surface area contributed by atoms with Gasteiger partial charge in [-0.25, -0.2) is 4.79 Å². The second kappa shape index (κ2) is 3.22. The van der Waals surface area contributed by atoms with E-state index in [0.29, 0.717) is 5.57 Å². The summed E-state index contributed by atoms with van der Waals surface area (Å²) in [5.41, 5.74) is 17.1. The van der Waals surface area contributed by atoms with Crippen molar-refractivity contribution < 1.29 is 9.53 Å². The van der Waals surface area contributed by atoms with E-state index >= 15 is 0 Å². The SMILES string of the molecule is C=C/C(N)=C1/C(=O)OCC1=C(N)N. The maximum absolute atomic E-state index is 11.1. The van der Waals surface area contributed by atoms with Gasteiger partial charge in [-0.1, -0.05) is 6.58 Å². The molecule has 1 aliphatic heterocycles. The average Bonchev–Trinajstić information content (AvgIpc) is 2.46. The number of carbonyl (C=O) groups is 1. The van der Waals surface area contributed by atoms with Gasteiger partial charge >= 0.3 is 5.97 Å². The molecule has 0 radical (unpaired) electrons. The summed E-state index contributed by atoms with van der Waals surface area (Å²) in [4.78, 5) is 11.1. The monoisotopic (exact) mass is 181 g/mol. The van der Waals surface area contributed by atoms with Crippen molar-refractivity contribution in [3.8, 4) is 0 Å². The normalized spacial score (nSPS) is 19.7. The summed E-state index contributed by atoms with van der Waals surface area (Å²) in [6.45, 7) is 3.51. The molecule has 1 heterocycles.